The molecule has 0 aliphatic heterocycles. The second-order valence-electron chi connectivity index (χ2n) is 6.10. The summed E-state index contributed by atoms with van der Waals surface area (Å²) < 4.78 is 5.71. The normalized spacial score (nSPS) is 11.5. The molecule has 142 valence electrons. The second-order valence-corrected chi connectivity index (χ2v) is 6.91. The van der Waals surface area contributed by atoms with Crippen molar-refractivity contribution in [1.29, 1.82) is 0 Å². The number of ketones is 1. The monoisotopic (exact) mass is 413 g/mol. The molecule has 0 aliphatic carbocycles. The first-order chi connectivity index (χ1) is 13.4. The lowest BCUT2D eigenvalue weighted by Gasteiger charge is -2.14. The van der Waals surface area contributed by atoms with Crippen molar-refractivity contribution < 1.29 is 14.3 Å². The minimum absolute atomic E-state index is 0.0994. The molecule has 4 nitrogen and oxygen atoms in total. The number of amides is 1. The molecule has 1 atom stereocenters. The van der Waals surface area contributed by atoms with Crippen molar-refractivity contribution >= 4 is 40.6 Å². The quantitative estimate of drug-likeness (QED) is 0.512. The second kappa shape index (κ2) is 8.91. The first-order valence-electron chi connectivity index (χ1n) is 8.56. The van der Waals surface area contributed by atoms with E-state index in [9.17, 15) is 9.59 Å². The van der Waals surface area contributed by atoms with Crippen molar-refractivity contribution in [3.05, 3.63) is 94.0 Å². The van der Waals surface area contributed by atoms with Crippen LogP contribution in [0.4, 0.5) is 5.69 Å². The third-order valence-corrected chi connectivity index (χ3v) is 4.77. The number of hydrogen-bond acceptors (Lipinski definition) is 3. The molecule has 0 unspecified atom stereocenters. The maximum absolute atomic E-state index is 12.4. The summed E-state index contributed by atoms with van der Waals surface area (Å²) in [6.07, 6.45) is -0.626. The maximum atomic E-state index is 12.4. The van der Waals surface area contributed by atoms with E-state index >= 15 is 0 Å². The Morgan fingerprint density at radius 1 is 0.857 bits per heavy atom. The minimum atomic E-state index is -0.626. The van der Waals surface area contributed by atoms with Crippen molar-refractivity contribution in [3.63, 3.8) is 0 Å². The molecule has 0 spiro atoms. The highest BCUT2D eigenvalue weighted by Gasteiger charge is 2.16. The Bertz CT molecular complexity index is 988. The summed E-state index contributed by atoms with van der Waals surface area (Å²) >= 11 is 11.8. The van der Waals surface area contributed by atoms with E-state index in [0.717, 1.165) is 0 Å². The van der Waals surface area contributed by atoms with E-state index in [-0.39, 0.29) is 11.7 Å². The fraction of sp³-hybridized carbons (Fsp3) is 0.0909. The topological polar surface area (TPSA) is 55.4 Å². The molecule has 3 rings (SSSR count). The summed E-state index contributed by atoms with van der Waals surface area (Å²) in [7, 11) is 0. The SMILES string of the molecule is C[C@@H](Oc1ccc(NC(=O)c2ccc(Cl)c(Cl)c2)cc1)C(=O)c1ccccc1. The van der Waals surface area contributed by atoms with Crippen molar-refractivity contribution in [1.82, 2.24) is 0 Å². The van der Waals surface area contributed by atoms with Crippen LogP contribution in [0.3, 0.4) is 0 Å². The summed E-state index contributed by atoms with van der Waals surface area (Å²) in [4.78, 5) is 24.7. The zero-order chi connectivity index (χ0) is 20.1. The molecule has 3 aromatic rings. The number of carbonyl (C=O) groups is 2. The molecule has 1 N–H and O–H groups in total. The fourth-order valence-electron chi connectivity index (χ4n) is 2.55. The molecule has 0 saturated heterocycles. The van der Waals surface area contributed by atoms with Gasteiger partial charge in [0.15, 0.2) is 6.10 Å². The highest BCUT2D eigenvalue weighted by Crippen LogP contribution is 2.24. The number of carbonyl (C=O) groups excluding carboxylic acids is 2. The number of Topliss-reactive ketones (excluding diaryl/α,β-unsaturated/α-hetero) is 1. The van der Waals surface area contributed by atoms with Crippen molar-refractivity contribution in [2.24, 2.45) is 0 Å². The van der Waals surface area contributed by atoms with Crippen LogP contribution in [-0.4, -0.2) is 17.8 Å². The number of benzene rings is 3. The van der Waals surface area contributed by atoms with Crippen molar-refractivity contribution in [3.8, 4) is 5.75 Å². The molecule has 0 aromatic heterocycles. The van der Waals surface area contributed by atoms with Crippen LogP contribution in [0, 0.1) is 0 Å². The molecule has 0 saturated carbocycles. The number of rotatable bonds is 6. The average Bonchev–Trinajstić information content (AvgIpc) is 2.71. The summed E-state index contributed by atoms with van der Waals surface area (Å²) in [6.45, 7) is 1.70. The van der Waals surface area contributed by atoms with Crippen LogP contribution in [0.5, 0.6) is 5.75 Å². The van der Waals surface area contributed by atoms with Crippen molar-refractivity contribution in [2.45, 2.75) is 13.0 Å². The lowest BCUT2D eigenvalue weighted by molar-refractivity contribution is 0.0818. The lowest BCUT2D eigenvalue weighted by Crippen LogP contribution is -2.23. The highest BCUT2D eigenvalue weighted by molar-refractivity contribution is 6.42. The number of ether oxygens (including phenoxy) is 1. The molecule has 6 heteroatoms. The van der Waals surface area contributed by atoms with Crippen LogP contribution < -0.4 is 10.1 Å². The van der Waals surface area contributed by atoms with Gasteiger partial charge in [0.2, 0.25) is 5.78 Å². The molecule has 0 bridgehead atoms. The Hall–Kier alpha value is -2.82. The van der Waals surface area contributed by atoms with Gasteiger partial charge >= 0.3 is 0 Å². The molecule has 28 heavy (non-hydrogen) atoms. The number of anilines is 1. The van der Waals surface area contributed by atoms with Gasteiger partial charge in [-0.3, -0.25) is 9.59 Å². The van der Waals surface area contributed by atoms with Gasteiger partial charge < -0.3 is 10.1 Å². The van der Waals surface area contributed by atoms with Gasteiger partial charge in [0.1, 0.15) is 5.75 Å². The minimum Gasteiger partial charge on any atom is -0.483 e. The smallest absolute Gasteiger partial charge is 0.255 e. The van der Waals surface area contributed by atoms with Crippen LogP contribution in [0.2, 0.25) is 10.0 Å². The maximum Gasteiger partial charge on any atom is 0.255 e. The molecule has 0 aliphatic rings. The Balaban J connectivity index is 1.62. The highest BCUT2D eigenvalue weighted by atomic mass is 35.5. The van der Waals surface area contributed by atoms with Crippen LogP contribution in [0.25, 0.3) is 0 Å². The van der Waals surface area contributed by atoms with Gasteiger partial charge in [-0.15, -0.1) is 0 Å². The van der Waals surface area contributed by atoms with Crippen LogP contribution in [-0.2, 0) is 0 Å². The van der Waals surface area contributed by atoms with E-state index in [0.29, 0.717) is 32.6 Å². The van der Waals surface area contributed by atoms with Crippen LogP contribution >= 0.6 is 23.2 Å². The molecule has 1 amide bonds. The fourth-order valence-corrected chi connectivity index (χ4v) is 2.85. The largest absolute Gasteiger partial charge is 0.483 e. The molecular formula is C22H17Cl2NO3. The standard InChI is InChI=1S/C22H17Cl2NO3/c1-14(21(26)15-5-3-2-4-6-15)28-18-10-8-17(9-11-18)25-22(27)16-7-12-19(23)20(24)13-16/h2-14H,1H3,(H,25,27)/t14-/m1/s1. The number of nitrogens with one attached hydrogen (secondary N) is 1. The van der Waals surface area contributed by atoms with Gasteiger partial charge in [-0.1, -0.05) is 53.5 Å². The molecule has 0 fully saturated rings. The van der Waals surface area contributed by atoms with E-state index in [1.165, 1.54) is 6.07 Å². The number of hydrogen-bond donors (Lipinski definition) is 1. The van der Waals surface area contributed by atoms with Gasteiger partial charge in [0, 0.05) is 16.8 Å². The summed E-state index contributed by atoms with van der Waals surface area (Å²) in [5, 5.41) is 3.47. The van der Waals surface area contributed by atoms with Gasteiger partial charge in [-0.05, 0) is 49.4 Å². The average molecular weight is 414 g/mol. The van der Waals surface area contributed by atoms with Gasteiger partial charge in [-0.25, -0.2) is 0 Å². The van der Waals surface area contributed by atoms with Crippen LogP contribution in [0.15, 0.2) is 72.8 Å². The van der Waals surface area contributed by atoms with Gasteiger partial charge in [-0.2, -0.15) is 0 Å². The Labute approximate surface area is 173 Å². The molecule has 0 heterocycles. The van der Waals surface area contributed by atoms with Gasteiger partial charge in [0.25, 0.3) is 5.91 Å². The van der Waals surface area contributed by atoms with Crippen molar-refractivity contribution in [2.75, 3.05) is 5.32 Å². The summed E-state index contributed by atoms with van der Waals surface area (Å²) in [5.41, 5.74) is 1.59. The molecule has 3 aromatic carbocycles. The van der Waals surface area contributed by atoms with E-state index < -0.39 is 6.10 Å². The summed E-state index contributed by atoms with van der Waals surface area (Å²) in [5.74, 6) is 0.127. The summed E-state index contributed by atoms with van der Waals surface area (Å²) in [6, 6.07) is 20.4. The zero-order valence-corrected chi connectivity index (χ0v) is 16.5. The Kier molecular flexibility index (Phi) is 6.34. The molecular weight excluding hydrogens is 397 g/mol. The zero-order valence-electron chi connectivity index (χ0n) is 15.0. The Morgan fingerprint density at radius 2 is 1.54 bits per heavy atom. The van der Waals surface area contributed by atoms with Crippen LogP contribution in [0.1, 0.15) is 27.6 Å². The molecule has 0 radical (unpaired) electrons. The lowest BCUT2D eigenvalue weighted by atomic mass is 10.1. The third kappa shape index (κ3) is 4.91. The third-order valence-electron chi connectivity index (χ3n) is 4.03. The Morgan fingerprint density at radius 3 is 2.18 bits per heavy atom. The van der Waals surface area contributed by atoms with E-state index in [4.69, 9.17) is 27.9 Å². The first-order valence-corrected chi connectivity index (χ1v) is 9.32. The first kappa shape index (κ1) is 19.9. The van der Waals surface area contributed by atoms with E-state index in [1.54, 1.807) is 55.5 Å². The predicted octanol–water partition coefficient (Wildman–Crippen LogP) is 5.90. The van der Waals surface area contributed by atoms with E-state index in [1.807, 2.05) is 18.2 Å². The van der Waals surface area contributed by atoms with Gasteiger partial charge in [0.05, 0.1) is 10.0 Å². The predicted molar refractivity (Wildman–Crippen MR) is 112 cm³/mol. The number of halogens is 2. The van der Waals surface area contributed by atoms with E-state index in [2.05, 4.69) is 5.32 Å².